The van der Waals surface area contributed by atoms with Gasteiger partial charge in [-0.15, -0.1) is 0 Å². The number of hydrogen-bond acceptors (Lipinski definition) is 2. The molecule has 0 aliphatic heterocycles. The van der Waals surface area contributed by atoms with Crippen molar-refractivity contribution in [3.05, 3.63) is 30.1 Å². The molecular formula is C14H20N2. The Labute approximate surface area is 97.5 Å². The normalized spacial score (nSPS) is 33.4. The maximum atomic E-state index is 4.28. The van der Waals surface area contributed by atoms with Gasteiger partial charge in [-0.1, -0.05) is 13.0 Å². The standard InChI is InChI=1S/C14H20N2/c1-11-6-7-14(11,10-16-13-4-5-13)12-3-2-8-15-9-12/h2-3,8-9,11,13,16H,4-7,10H2,1H3. The lowest BCUT2D eigenvalue weighted by Crippen LogP contribution is -2.50. The largest absolute Gasteiger partial charge is 0.313 e. The first-order chi connectivity index (χ1) is 7.81. The summed E-state index contributed by atoms with van der Waals surface area (Å²) in [5.41, 5.74) is 1.80. The van der Waals surface area contributed by atoms with Gasteiger partial charge in [0.1, 0.15) is 0 Å². The minimum Gasteiger partial charge on any atom is -0.313 e. The van der Waals surface area contributed by atoms with Gasteiger partial charge < -0.3 is 5.32 Å². The zero-order chi connectivity index (χ0) is 11.0. The van der Waals surface area contributed by atoms with Crippen LogP contribution in [0.5, 0.6) is 0 Å². The third-order valence-corrected chi connectivity index (χ3v) is 4.49. The molecular weight excluding hydrogens is 196 g/mol. The van der Waals surface area contributed by atoms with Crippen molar-refractivity contribution < 1.29 is 0 Å². The highest BCUT2D eigenvalue weighted by molar-refractivity contribution is 5.27. The van der Waals surface area contributed by atoms with E-state index in [-0.39, 0.29) is 0 Å². The van der Waals surface area contributed by atoms with Crippen molar-refractivity contribution in [2.24, 2.45) is 5.92 Å². The topological polar surface area (TPSA) is 24.9 Å². The number of nitrogens with one attached hydrogen (secondary N) is 1. The van der Waals surface area contributed by atoms with Crippen LogP contribution in [0.3, 0.4) is 0 Å². The van der Waals surface area contributed by atoms with E-state index in [9.17, 15) is 0 Å². The number of hydrogen-bond donors (Lipinski definition) is 1. The third-order valence-electron chi connectivity index (χ3n) is 4.49. The SMILES string of the molecule is CC1CCC1(CNC1CC1)c1cccnc1. The molecule has 1 aromatic heterocycles. The van der Waals surface area contributed by atoms with Crippen LogP contribution in [0.1, 0.15) is 38.2 Å². The average Bonchev–Trinajstić information content (AvgIpc) is 3.13. The lowest BCUT2D eigenvalue weighted by molar-refractivity contribution is 0.133. The van der Waals surface area contributed by atoms with Gasteiger partial charge in [-0.25, -0.2) is 0 Å². The molecule has 2 aliphatic rings. The predicted molar refractivity (Wildman–Crippen MR) is 65.3 cm³/mol. The van der Waals surface area contributed by atoms with Crippen molar-refractivity contribution >= 4 is 0 Å². The minimum atomic E-state index is 0.372. The highest BCUT2D eigenvalue weighted by Crippen LogP contribution is 2.48. The van der Waals surface area contributed by atoms with E-state index >= 15 is 0 Å². The summed E-state index contributed by atoms with van der Waals surface area (Å²) in [6.45, 7) is 3.52. The summed E-state index contributed by atoms with van der Waals surface area (Å²) in [7, 11) is 0. The van der Waals surface area contributed by atoms with Crippen LogP contribution in [0.4, 0.5) is 0 Å². The van der Waals surface area contributed by atoms with Crippen LogP contribution in [0.25, 0.3) is 0 Å². The van der Waals surface area contributed by atoms with Crippen LogP contribution >= 0.6 is 0 Å². The van der Waals surface area contributed by atoms with Gasteiger partial charge in [0.25, 0.3) is 0 Å². The van der Waals surface area contributed by atoms with Crippen LogP contribution in [0, 0.1) is 5.92 Å². The monoisotopic (exact) mass is 216 g/mol. The lowest BCUT2D eigenvalue weighted by Gasteiger charge is -2.49. The molecule has 86 valence electrons. The van der Waals surface area contributed by atoms with Gasteiger partial charge in [-0.3, -0.25) is 4.98 Å². The molecule has 0 bridgehead atoms. The van der Waals surface area contributed by atoms with Crippen LogP contribution in [0.15, 0.2) is 24.5 Å². The zero-order valence-electron chi connectivity index (χ0n) is 9.95. The molecule has 2 unspecified atom stereocenters. The van der Waals surface area contributed by atoms with Crippen LogP contribution < -0.4 is 5.32 Å². The summed E-state index contributed by atoms with van der Waals surface area (Å²) >= 11 is 0. The molecule has 2 fully saturated rings. The fraction of sp³-hybridized carbons (Fsp3) is 0.643. The van der Waals surface area contributed by atoms with Gasteiger partial charge in [0.2, 0.25) is 0 Å². The van der Waals surface area contributed by atoms with E-state index in [1.54, 1.807) is 0 Å². The van der Waals surface area contributed by atoms with Crippen molar-refractivity contribution in [3.63, 3.8) is 0 Å². The fourth-order valence-electron chi connectivity index (χ4n) is 2.85. The molecule has 2 saturated carbocycles. The van der Waals surface area contributed by atoms with E-state index in [0.717, 1.165) is 18.5 Å². The van der Waals surface area contributed by atoms with E-state index in [1.165, 1.54) is 31.2 Å². The predicted octanol–water partition coefficient (Wildman–Crippen LogP) is 2.50. The Balaban J connectivity index is 1.79. The van der Waals surface area contributed by atoms with Crippen LogP contribution in [-0.4, -0.2) is 17.6 Å². The molecule has 1 aromatic rings. The second kappa shape index (κ2) is 3.85. The van der Waals surface area contributed by atoms with Crippen molar-refractivity contribution in [2.75, 3.05) is 6.54 Å². The van der Waals surface area contributed by atoms with Gasteiger partial charge in [-0.05, 0) is 43.2 Å². The summed E-state index contributed by atoms with van der Waals surface area (Å²) < 4.78 is 0. The maximum absolute atomic E-state index is 4.28. The van der Waals surface area contributed by atoms with Crippen LogP contribution in [0.2, 0.25) is 0 Å². The number of pyridine rings is 1. The quantitative estimate of drug-likeness (QED) is 0.836. The van der Waals surface area contributed by atoms with Crippen LogP contribution in [-0.2, 0) is 5.41 Å². The molecule has 3 rings (SSSR count). The Kier molecular flexibility index (Phi) is 2.47. The van der Waals surface area contributed by atoms with Crippen molar-refractivity contribution in [1.29, 1.82) is 0 Å². The second-order valence-corrected chi connectivity index (χ2v) is 5.49. The smallest absolute Gasteiger partial charge is 0.0306 e. The van der Waals surface area contributed by atoms with Gasteiger partial charge in [0, 0.05) is 30.4 Å². The minimum absolute atomic E-state index is 0.372. The third kappa shape index (κ3) is 1.65. The lowest BCUT2D eigenvalue weighted by atomic mass is 9.57. The summed E-state index contributed by atoms with van der Waals surface area (Å²) in [6, 6.07) is 5.12. The van der Waals surface area contributed by atoms with E-state index in [1.807, 2.05) is 6.20 Å². The summed E-state index contributed by atoms with van der Waals surface area (Å²) in [5.74, 6) is 0.794. The Hall–Kier alpha value is -0.890. The van der Waals surface area contributed by atoms with Gasteiger partial charge in [0.05, 0.1) is 0 Å². The molecule has 1 N–H and O–H groups in total. The molecule has 0 saturated heterocycles. The van der Waals surface area contributed by atoms with Gasteiger partial charge in [0.15, 0.2) is 0 Å². The number of nitrogens with zero attached hydrogens (tertiary/aromatic N) is 1. The van der Waals surface area contributed by atoms with E-state index in [4.69, 9.17) is 0 Å². The Morgan fingerprint density at radius 3 is 2.81 bits per heavy atom. The summed E-state index contributed by atoms with van der Waals surface area (Å²) in [5, 5.41) is 3.70. The average molecular weight is 216 g/mol. The maximum Gasteiger partial charge on any atom is 0.0306 e. The first kappa shape index (κ1) is 10.3. The molecule has 0 aromatic carbocycles. The Morgan fingerprint density at radius 2 is 2.31 bits per heavy atom. The molecule has 0 spiro atoms. The summed E-state index contributed by atoms with van der Waals surface area (Å²) in [4.78, 5) is 4.28. The molecule has 0 radical (unpaired) electrons. The number of rotatable bonds is 4. The van der Waals surface area contributed by atoms with Crippen molar-refractivity contribution in [3.8, 4) is 0 Å². The highest BCUT2D eigenvalue weighted by atomic mass is 15.0. The van der Waals surface area contributed by atoms with E-state index in [0.29, 0.717) is 5.41 Å². The first-order valence-corrected chi connectivity index (χ1v) is 6.45. The molecule has 2 atom stereocenters. The second-order valence-electron chi connectivity index (χ2n) is 5.49. The molecule has 2 nitrogen and oxygen atoms in total. The molecule has 2 aliphatic carbocycles. The Morgan fingerprint density at radius 1 is 1.44 bits per heavy atom. The molecule has 16 heavy (non-hydrogen) atoms. The molecule has 2 heteroatoms. The fourth-order valence-corrected chi connectivity index (χ4v) is 2.85. The van der Waals surface area contributed by atoms with Gasteiger partial charge in [-0.2, -0.15) is 0 Å². The molecule has 1 heterocycles. The highest BCUT2D eigenvalue weighted by Gasteiger charge is 2.45. The van der Waals surface area contributed by atoms with Crippen molar-refractivity contribution in [2.45, 2.75) is 44.1 Å². The summed E-state index contributed by atoms with van der Waals surface area (Å²) in [6.07, 6.45) is 9.36. The number of aromatic nitrogens is 1. The molecule has 0 amide bonds. The van der Waals surface area contributed by atoms with Crippen molar-refractivity contribution in [1.82, 2.24) is 10.3 Å². The first-order valence-electron chi connectivity index (χ1n) is 6.45. The Bertz CT molecular complexity index is 358. The van der Waals surface area contributed by atoms with E-state index in [2.05, 4.69) is 35.6 Å². The van der Waals surface area contributed by atoms with E-state index < -0.39 is 0 Å². The zero-order valence-corrected chi connectivity index (χ0v) is 9.95. The van der Waals surface area contributed by atoms with Gasteiger partial charge >= 0.3 is 0 Å².